The van der Waals surface area contributed by atoms with Gasteiger partial charge in [0.05, 0.1) is 12.7 Å². The van der Waals surface area contributed by atoms with Gasteiger partial charge in [-0.2, -0.15) is 13.2 Å². The molecule has 2 aromatic rings. The van der Waals surface area contributed by atoms with Gasteiger partial charge in [0.1, 0.15) is 11.5 Å². The van der Waals surface area contributed by atoms with Crippen molar-refractivity contribution in [3.63, 3.8) is 0 Å². The van der Waals surface area contributed by atoms with E-state index in [9.17, 15) is 26.3 Å². The fourth-order valence-corrected chi connectivity index (χ4v) is 2.00. The first-order valence-electron chi connectivity index (χ1n) is 6.22. The number of alkyl halides is 6. The van der Waals surface area contributed by atoms with Gasteiger partial charge in [-0.25, -0.2) is 0 Å². The number of methoxy groups -OCH3 is 1. The van der Waals surface area contributed by atoms with Crippen molar-refractivity contribution in [2.24, 2.45) is 0 Å². The lowest BCUT2D eigenvalue weighted by molar-refractivity contribution is -0.274. The molecule has 0 amide bonds. The third kappa shape index (κ3) is 4.08. The molecule has 0 saturated carbocycles. The molecule has 0 atom stereocenters. The van der Waals surface area contributed by atoms with Crippen molar-refractivity contribution in [3.05, 3.63) is 48.0 Å². The minimum Gasteiger partial charge on any atom is -0.496 e. The van der Waals surface area contributed by atoms with Crippen LogP contribution in [0.15, 0.2) is 42.5 Å². The van der Waals surface area contributed by atoms with Crippen LogP contribution in [0.5, 0.6) is 11.5 Å². The molecule has 2 rings (SSSR count). The second-order valence-electron chi connectivity index (χ2n) is 4.46. The highest BCUT2D eigenvalue weighted by Gasteiger charge is 2.34. The molecule has 0 aromatic heterocycles. The summed E-state index contributed by atoms with van der Waals surface area (Å²) >= 11 is 0. The van der Waals surface area contributed by atoms with Crippen molar-refractivity contribution in [1.29, 1.82) is 0 Å². The minimum absolute atomic E-state index is 0.00350. The Kier molecular flexibility index (Phi) is 4.44. The van der Waals surface area contributed by atoms with Gasteiger partial charge in [0, 0.05) is 11.1 Å². The third-order valence-corrected chi connectivity index (χ3v) is 2.93. The molecule has 0 aliphatic heterocycles. The van der Waals surface area contributed by atoms with Gasteiger partial charge in [-0.3, -0.25) is 0 Å². The summed E-state index contributed by atoms with van der Waals surface area (Å²) in [7, 11) is 1.21. The quantitative estimate of drug-likeness (QED) is 0.710. The zero-order chi connectivity index (χ0) is 17.3. The van der Waals surface area contributed by atoms with Crippen LogP contribution in [-0.2, 0) is 6.18 Å². The first-order chi connectivity index (χ1) is 10.6. The third-order valence-electron chi connectivity index (χ3n) is 2.93. The Morgan fingerprint density at radius 1 is 0.783 bits per heavy atom. The lowest BCUT2D eigenvalue weighted by atomic mass is 10.0. The molecule has 0 aliphatic rings. The topological polar surface area (TPSA) is 18.5 Å². The Morgan fingerprint density at radius 2 is 1.43 bits per heavy atom. The van der Waals surface area contributed by atoms with Gasteiger partial charge in [0.25, 0.3) is 0 Å². The molecule has 0 fully saturated rings. The number of hydrogen-bond acceptors (Lipinski definition) is 2. The SMILES string of the molecule is COc1ccc(C(F)(F)F)cc1-c1ccccc1OC(F)(F)F. The van der Waals surface area contributed by atoms with Crippen molar-refractivity contribution in [1.82, 2.24) is 0 Å². The van der Waals surface area contributed by atoms with E-state index in [1.807, 2.05) is 0 Å². The predicted molar refractivity (Wildman–Crippen MR) is 70.1 cm³/mol. The first kappa shape index (κ1) is 17.0. The molecule has 0 unspecified atom stereocenters. The van der Waals surface area contributed by atoms with Gasteiger partial charge in [0.15, 0.2) is 0 Å². The van der Waals surface area contributed by atoms with E-state index in [1.54, 1.807) is 0 Å². The first-order valence-corrected chi connectivity index (χ1v) is 6.22. The number of hydrogen-bond donors (Lipinski definition) is 0. The highest BCUT2D eigenvalue weighted by Crippen LogP contribution is 2.41. The molecule has 8 heteroatoms. The van der Waals surface area contributed by atoms with E-state index in [1.165, 1.54) is 25.3 Å². The zero-order valence-electron chi connectivity index (χ0n) is 11.6. The zero-order valence-corrected chi connectivity index (χ0v) is 11.6. The molecule has 124 valence electrons. The van der Waals surface area contributed by atoms with Crippen LogP contribution in [0, 0.1) is 0 Å². The molecule has 0 saturated heterocycles. The summed E-state index contributed by atoms with van der Waals surface area (Å²) < 4.78 is 84.7. The fourth-order valence-electron chi connectivity index (χ4n) is 2.00. The van der Waals surface area contributed by atoms with Crippen molar-refractivity contribution < 1.29 is 35.8 Å². The van der Waals surface area contributed by atoms with Crippen LogP contribution in [0.2, 0.25) is 0 Å². The molecule has 0 aliphatic carbocycles. The van der Waals surface area contributed by atoms with E-state index in [-0.39, 0.29) is 16.9 Å². The van der Waals surface area contributed by atoms with Crippen molar-refractivity contribution in [2.75, 3.05) is 7.11 Å². The Labute approximate surface area is 127 Å². The maximum Gasteiger partial charge on any atom is 0.573 e. The molecule has 0 bridgehead atoms. The van der Waals surface area contributed by atoms with Crippen molar-refractivity contribution in [3.8, 4) is 22.6 Å². The average Bonchev–Trinajstić information content (AvgIpc) is 2.44. The van der Waals surface area contributed by atoms with Crippen LogP contribution in [0.3, 0.4) is 0 Å². The molecule has 0 spiro atoms. The van der Waals surface area contributed by atoms with Gasteiger partial charge >= 0.3 is 12.5 Å². The van der Waals surface area contributed by atoms with Gasteiger partial charge in [-0.05, 0) is 24.3 Å². The minimum atomic E-state index is -4.97. The van der Waals surface area contributed by atoms with Gasteiger partial charge in [-0.15, -0.1) is 13.2 Å². The van der Waals surface area contributed by atoms with Gasteiger partial charge in [0.2, 0.25) is 0 Å². The molecule has 0 radical (unpaired) electrons. The molecule has 23 heavy (non-hydrogen) atoms. The monoisotopic (exact) mass is 336 g/mol. The number of ether oxygens (including phenoxy) is 2. The number of rotatable bonds is 3. The standard InChI is InChI=1S/C15H10F6O2/c1-22-12-7-6-9(14(16,17)18)8-11(12)10-4-2-3-5-13(10)23-15(19,20)21/h2-8H,1H3. The van der Waals surface area contributed by atoms with Crippen LogP contribution < -0.4 is 9.47 Å². The van der Waals surface area contributed by atoms with E-state index >= 15 is 0 Å². The van der Waals surface area contributed by atoms with E-state index in [2.05, 4.69) is 4.74 Å². The summed E-state index contributed by atoms with van der Waals surface area (Å²) in [5.74, 6) is -0.617. The maximum absolute atomic E-state index is 12.8. The molecule has 0 heterocycles. The van der Waals surface area contributed by atoms with Crippen LogP contribution in [0.1, 0.15) is 5.56 Å². The van der Waals surface area contributed by atoms with Gasteiger partial charge < -0.3 is 9.47 Å². The van der Waals surface area contributed by atoms with E-state index < -0.39 is 23.9 Å². The Bertz CT molecular complexity index is 691. The lowest BCUT2D eigenvalue weighted by Gasteiger charge is -2.17. The Hall–Kier alpha value is -2.38. The normalized spacial score (nSPS) is 12.1. The van der Waals surface area contributed by atoms with Crippen LogP contribution >= 0.6 is 0 Å². The Morgan fingerprint density at radius 3 is 2.00 bits per heavy atom. The van der Waals surface area contributed by atoms with E-state index in [4.69, 9.17) is 4.74 Å². The highest BCUT2D eigenvalue weighted by molar-refractivity contribution is 5.76. The van der Waals surface area contributed by atoms with E-state index in [0.29, 0.717) is 0 Å². The van der Waals surface area contributed by atoms with Gasteiger partial charge in [-0.1, -0.05) is 18.2 Å². The summed E-state index contributed by atoms with van der Waals surface area (Å²) in [6.45, 7) is 0. The lowest BCUT2D eigenvalue weighted by Crippen LogP contribution is -2.17. The molecular weight excluding hydrogens is 326 g/mol. The highest BCUT2D eigenvalue weighted by atomic mass is 19.4. The number of benzene rings is 2. The van der Waals surface area contributed by atoms with Crippen LogP contribution in [-0.4, -0.2) is 13.5 Å². The largest absolute Gasteiger partial charge is 0.573 e. The summed E-state index contributed by atoms with van der Waals surface area (Å²) in [6, 6.07) is 7.46. The Balaban J connectivity index is 2.61. The number of halogens is 6. The summed E-state index contributed by atoms with van der Waals surface area (Å²) in [5.41, 5.74) is -1.31. The van der Waals surface area contributed by atoms with Crippen molar-refractivity contribution in [2.45, 2.75) is 12.5 Å². The summed E-state index contributed by atoms with van der Waals surface area (Å²) in [5, 5.41) is 0. The second-order valence-corrected chi connectivity index (χ2v) is 4.46. The average molecular weight is 336 g/mol. The van der Waals surface area contributed by atoms with E-state index in [0.717, 1.165) is 24.3 Å². The summed E-state index contributed by atoms with van der Waals surface area (Å²) in [6.07, 6.45) is -9.61. The maximum atomic E-state index is 12.8. The number of para-hydroxylation sites is 1. The molecule has 0 N–H and O–H groups in total. The smallest absolute Gasteiger partial charge is 0.496 e. The van der Waals surface area contributed by atoms with Crippen LogP contribution in [0.4, 0.5) is 26.3 Å². The second kappa shape index (κ2) is 6.02. The van der Waals surface area contributed by atoms with Crippen molar-refractivity contribution >= 4 is 0 Å². The predicted octanol–water partition coefficient (Wildman–Crippen LogP) is 5.28. The molecule has 2 nitrogen and oxygen atoms in total. The fraction of sp³-hybridized carbons (Fsp3) is 0.200. The summed E-state index contributed by atoms with van der Waals surface area (Å²) in [4.78, 5) is 0. The molecule has 2 aromatic carbocycles. The van der Waals surface area contributed by atoms with Crippen LogP contribution in [0.25, 0.3) is 11.1 Å². The molecular formula is C15H10F6O2.